The average Bonchev–Trinajstić information content (AvgIpc) is 2.73. The summed E-state index contributed by atoms with van der Waals surface area (Å²) >= 11 is 1.61. The van der Waals surface area contributed by atoms with Crippen molar-refractivity contribution >= 4 is 17.4 Å². The summed E-state index contributed by atoms with van der Waals surface area (Å²) in [6, 6.07) is 6.54. The van der Waals surface area contributed by atoms with Gasteiger partial charge in [0, 0.05) is 28.5 Å². The lowest BCUT2D eigenvalue weighted by Gasteiger charge is -2.00. The Morgan fingerprint density at radius 1 is 1.41 bits per heavy atom. The van der Waals surface area contributed by atoms with Gasteiger partial charge >= 0.3 is 0 Å². The van der Waals surface area contributed by atoms with Gasteiger partial charge in [-0.15, -0.1) is 11.8 Å². The Bertz CT molecular complexity index is 522. The Labute approximate surface area is 102 Å². The quantitative estimate of drug-likeness (QED) is 0.513. The maximum atomic E-state index is 10.5. The zero-order valence-corrected chi connectivity index (χ0v) is 10.0. The Morgan fingerprint density at radius 3 is 2.65 bits per heavy atom. The summed E-state index contributed by atoms with van der Waals surface area (Å²) in [5.74, 6) is 0.757. The number of aromatic amines is 1. The van der Waals surface area contributed by atoms with Crippen molar-refractivity contribution in [3.8, 4) is 0 Å². The van der Waals surface area contributed by atoms with Crippen LogP contribution in [0.5, 0.6) is 0 Å². The highest BCUT2D eigenvalue weighted by Crippen LogP contribution is 2.24. The fourth-order valence-electron chi connectivity index (χ4n) is 1.35. The molecule has 0 radical (unpaired) electrons. The molecule has 0 aliphatic rings. The average molecular weight is 249 g/mol. The van der Waals surface area contributed by atoms with E-state index in [0.29, 0.717) is 0 Å². The molecular weight excluding hydrogens is 238 g/mol. The molecule has 0 saturated carbocycles. The van der Waals surface area contributed by atoms with Crippen LogP contribution < -0.4 is 0 Å². The van der Waals surface area contributed by atoms with Gasteiger partial charge in [0.05, 0.1) is 16.9 Å². The van der Waals surface area contributed by atoms with Crippen LogP contribution in [-0.4, -0.2) is 14.9 Å². The fourth-order valence-corrected chi connectivity index (χ4v) is 2.27. The van der Waals surface area contributed by atoms with E-state index >= 15 is 0 Å². The van der Waals surface area contributed by atoms with Crippen LogP contribution >= 0.6 is 11.8 Å². The number of thioether (sulfide) groups is 1. The first kappa shape index (κ1) is 11.7. The molecule has 2 rings (SSSR count). The monoisotopic (exact) mass is 249 g/mol. The minimum absolute atomic E-state index is 0.116. The molecule has 1 N–H and O–H groups in total. The summed E-state index contributed by atoms with van der Waals surface area (Å²) in [6.45, 7) is 1.97. The van der Waals surface area contributed by atoms with Crippen LogP contribution in [0, 0.1) is 17.0 Å². The molecular formula is C11H11N3O2S. The molecule has 1 aromatic heterocycles. The van der Waals surface area contributed by atoms with E-state index in [1.807, 2.05) is 6.92 Å². The molecule has 0 unspecified atom stereocenters. The molecule has 88 valence electrons. The number of aryl methyl sites for hydroxylation is 1. The van der Waals surface area contributed by atoms with Gasteiger partial charge in [0.25, 0.3) is 5.69 Å². The third-order valence-corrected chi connectivity index (χ3v) is 3.38. The minimum Gasteiger partial charge on any atom is -0.348 e. The van der Waals surface area contributed by atoms with Crippen LogP contribution in [0.2, 0.25) is 0 Å². The van der Waals surface area contributed by atoms with E-state index in [2.05, 4.69) is 9.97 Å². The van der Waals surface area contributed by atoms with Crippen molar-refractivity contribution in [1.29, 1.82) is 0 Å². The highest BCUT2D eigenvalue weighted by Gasteiger charge is 2.05. The lowest BCUT2D eigenvalue weighted by Crippen LogP contribution is -1.87. The molecule has 2 aromatic rings. The Balaban J connectivity index is 2.00. The predicted octanol–water partition coefficient (Wildman–Crippen LogP) is 2.92. The largest absolute Gasteiger partial charge is 0.348 e. The molecule has 0 saturated heterocycles. The first-order chi connectivity index (χ1) is 8.16. The topological polar surface area (TPSA) is 71.8 Å². The highest BCUT2D eigenvalue weighted by atomic mass is 32.2. The van der Waals surface area contributed by atoms with Gasteiger partial charge < -0.3 is 4.98 Å². The zero-order chi connectivity index (χ0) is 12.3. The van der Waals surface area contributed by atoms with E-state index < -0.39 is 4.92 Å². The van der Waals surface area contributed by atoms with Crippen molar-refractivity contribution in [2.24, 2.45) is 0 Å². The van der Waals surface area contributed by atoms with Gasteiger partial charge in [0.1, 0.15) is 0 Å². The lowest BCUT2D eigenvalue weighted by molar-refractivity contribution is -0.384. The van der Waals surface area contributed by atoms with Crippen LogP contribution in [0.4, 0.5) is 5.69 Å². The maximum Gasteiger partial charge on any atom is 0.269 e. The van der Waals surface area contributed by atoms with Crippen molar-refractivity contribution in [1.82, 2.24) is 9.97 Å². The summed E-state index contributed by atoms with van der Waals surface area (Å²) in [4.78, 5) is 18.3. The number of H-pyrrole nitrogens is 1. The van der Waals surface area contributed by atoms with Gasteiger partial charge in [0.2, 0.25) is 0 Å². The van der Waals surface area contributed by atoms with Gasteiger partial charge in [-0.1, -0.05) is 0 Å². The Kier molecular flexibility index (Phi) is 3.43. The number of nitrogens with one attached hydrogen (secondary N) is 1. The van der Waals surface area contributed by atoms with Crippen molar-refractivity contribution in [3.05, 3.63) is 52.1 Å². The number of hydrogen-bond donors (Lipinski definition) is 1. The lowest BCUT2D eigenvalue weighted by atomic mass is 10.3. The van der Waals surface area contributed by atoms with Gasteiger partial charge in [-0.25, -0.2) is 4.98 Å². The third-order valence-electron chi connectivity index (χ3n) is 2.36. The second-order valence-electron chi connectivity index (χ2n) is 3.51. The normalized spacial score (nSPS) is 10.4. The minimum atomic E-state index is -0.397. The zero-order valence-electron chi connectivity index (χ0n) is 9.21. The van der Waals surface area contributed by atoms with E-state index in [1.54, 1.807) is 30.2 Å². The summed E-state index contributed by atoms with van der Waals surface area (Å²) < 4.78 is 0. The van der Waals surface area contributed by atoms with Crippen LogP contribution in [0.1, 0.15) is 11.4 Å². The number of benzene rings is 1. The predicted molar refractivity (Wildman–Crippen MR) is 66.0 cm³/mol. The smallest absolute Gasteiger partial charge is 0.269 e. The number of aromatic nitrogens is 2. The van der Waals surface area contributed by atoms with Crippen LogP contribution in [-0.2, 0) is 5.75 Å². The van der Waals surface area contributed by atoms with Gasteiger partial charge in [-0.3, -0.25) is 10.1 Å². The van der Waals surface area contributed by atoms with E-state index in [4.69, 9.17) is 0 Å². The molecule has 17 heavy (non-hydrogen) atoms. The first-order valence-electron chi connectivity index (χ1n) is 5.03. The number of imidazole rings is 1. The van der Waals surface area contributed by atoms with Crippen molar-refractivity contribution in [2.45, 2.75) is 17.6 Å². The molecule has 0 spiro atoms. The van der Waals surface area contributed by atoms with E-state index in [-0.39, 0.29) is 5.69 Å². The SMILES string of the molecule is Cc1[nH]cnc1CSc1ccc([N+](=O)[O-])cc1. The third kappa shape index (κ3) is 2.85. The summed E-state index contributed by atoms with van der Waals surface area (Å²) in [7, 11) is 0. The van der Waals surface area contributed by atoms with Crippen molar-refractivity contribution in [2.75, 3.05) is 0 Å². The molecule has 0 fully saturated rings. The molecule has 1 aromatic carbocycles. The molecule has 1 heterocycles. The van der Waals surface area contributed by atoms with Crippen LogP contribution in [0.3, 0.4) is 0 Å². The second kappa shape index (κ2) is 5.01. The first-order valence-corrected chi connectivity index (χ1v) is 6.01. The fraction of sp³-hybridized carbons (Fsp3) is 0.182. The number of rotatable bonds is 4. The molecule has 0 amide bonds. The van der Waals surface area contributed by atoms with Crippen LogP contribution in [0.15, 0.2) is 35.5 Å². The molecule has 0 bridgehead atoms. The summed E-state index contributed by atoms with van der Waals surface area (Å²) in [5.41, 5.74) is 2.18. The van der Waals surface area contributed by atoms with E-state index in [0.717, 1.165) is 22.0 Å². The van der Waals surface area contributed by atoms with Crippen molar-refractivity contribution in [3.63, 3.8) is 0 Å². The second-order valence-corrected chi connectivity index (χ2v) is 4.56. The molecule has 6 heteroatoms. The number of nitro benzene ring substituents is 1. The molecule has 5 nitrogen and oxygen atoms in total. The van der Waals surface area contributed by atoms with E-state index in [9.17, 15) is 10.1 Å². The van der Waals surface area contributed by atoms with Gasteiger partial charge in [0.15, 0.2) is 0 Å². The van der Waals surface area contributed by atoms with Crippen molar-refractivity contribution < 1.29 is 4.92 Å². The Hall–Kier alpha value is -1.82. The number of nitrogens with zero attached hydrogens (tertiary/aromatic N) is 2. The number of non-ortho nitro benzene ring substituents is 1. The summed E-state index contributed by atoms with van der Waals surface area (Å²) in [6.07, 6.45) is 1.67. The van der Waals surface area contributed by atoms with Gasteiger partial charge in [-0.05, 0) is 19.1 Å². The highest BCUT2D eigenvalue weighted by molar-refractivity contribution is 7.98. The molecule has 0 atom stereocenters. The summed E-state index contributed by atoms with van der Waals surface area (Å²) in [5, 5.41) is 10.5. The molecule has 0 aliphatic heterocycles. The van der Waals surface area contributed by atoms with E-state index in [1.165, 1.54) is 12.1 Å². The standard InChI is InChI=1S/C11H11N3O2S/c1-8-11(13-7-12-8)6-17-10-4-2-9(3-5-10)14(15)16/h2-5,7H,6H2,1H3,(H,12,13). The Morgan fingerprint density at radius 2 is 2.12 bits per heavy atom. The van der Waals surface area contributed by atoms with Crippen LogP contribution in [0.25, 0.3) is 0 Å². The molecule has 0 aliphatic carbocycles. The maximum absolute atomic E-state index is 10.5. The number of hydrogen-bond acceptors (Lipinski definition) is 4. The van der Waals surface area contributed by atoms with Gasteiger partial charge in [-0.2, -0.15) is 0 Å². The number of nitro groups is 1.